The number of aromatic nitrogens is 1. The number of nitrogens with one attached hydrogen (secondary N) is 1. The van der Waals surface area contributed by atoms with Crippen LogP contribution in [0.15, 0.2) is 12.3 Å². The number of rotatable bonds is 3. The summed E-state index contributed by atoms with van der Waals surface area (Å²) in [5.74, 6) is -2.86. The van der Waals surface area contributed by atoms with E-state index in [1.807, 2.05) is 0 Å². The van der Waals surface area contributed by atoms with Gasteiger partial charge in [-0.3, -0.25) is 5.32 Å². The molecule has 0 amide bonds. The molecule has 1 aliphatic heterocycles. The van der Waals surface area contributed by atoms with Crippen molar-refractivity contribution >= 4 is 11.9 Å². The number of ether oxygens (including phenoxy) is 2. The Morgan fingerprint density at radius 3 is 2.82 bits per heavy atom. The normalized spacial score (nSPS) is 18.3. The summed E-state index contributed by atoms with van der Waals surface area (Å²) in [6.07, 6.45) is -4.24. The predicted octanol–water partition coefficient (Wildman–Crippen LogP) is 1.76. The third-order valence-corrected chi connectivity index (χ3v) is 3.07. The molecule has 9 heteroatoms. The minimum Gasteiger partial charge on any atom is -0.462 e. The van der Waals surface area contributed by atoms with Crippen LogP contribution in [0.1, 0.15) is 35.6 Å². The van der Waals surface area contributed by atoms with Gasteiger partial charge in [-0.25, -0.2) is 9.59 Å². The van der Waals surface area contributed by atoms with E-state index in [4.69, 9.17) is 4.74 Å². The van der Waals surface area contributed by atoms with Gasteiger partial charge in [-0.05, 0) is 19.4 Å². The highest BCUT2D eigenvalue weighted by molar-refractivity contribution is 5.89. The SMILES string of the molecule is CCOC(=O)c1cc2n(c1)CCCNC2OC(=O)C(F)(F)F. The summed E-state index contributed by atoms with van der Waals surface area (Å²) in [7, 11) is 0. The molecule has 1 unspecified atom stereocenters. The van der Waals surface area contributed by atoms with E-state index in [0.717, 1.165) is 0 Å². The number of carbonyl (C=O) groups excluding carboxylic acids is 2. The number of aryl methyl sites for hydroxylation is 1. The fourth-order valence-electron chi connectivity index (χ4n) is 2.13. The van der Waals surface area contributed by atoms with Crippen LogP contribution in [0.2, 0.25) is 0 Å². The van der Waals surface area contributed by atoms with Crippen molar-refractivity contribution in [1.82, 2.24) is 9.88 Å². The number of hydrogen-bond donors (Lipinski definition) is 1. The number of esters is 2. The van der Waals surface area contributed by atoms with Crippen LogP contribution in [-0.4, -0.2) is 35.8 Å². The van der Waals surface area contributed by atoms with Crippen molar-refractivity contribution in [3.05, 3.63) is 23.5 Å². The first-order valence-corrected chi connectivity index (χ1v) is 6.71. The third-order valence-electron chi connectivity index (χ3n) is 3.07. The number of alkyl halides is 3. The van der Waals surface area contributed by atoms with Gasteiger partial charge >= 0.3 is 18.1 Å². The molecule has 0 bridgehead atoms. The molecule has 2 heterocycles. The lowest BCUT2D eigenvalue weighted by Crippen LogP contribution is -2.33. The lowest BCUT2D eigenvalue weighted by atomic mass is 10.3. The van der Waals surface area contributed by atoms with Crippen LogP contribution in [-0.2, 0) is 20.8 Å². The Bertz CT molecular complexity index is 568. The van der Waals surface area contributed by atoms with Gasteiger partial charge in [0.1, 0.15) is 0 Å². The monoisotopic (exact) mass is 320 g/mol. The highest BCUT2D eigenvalue weighted by Gasteiger charge is 2.43. The van der Waals surface area contributed by atoms with E-state index in [2.05, 4.69) is 10.1 Å². The maximum Gasteiger partial charge on any atom is 0.490 e. The summed E-state index contributed by atoms with van der Waals surface area (Å²) in [6, 6.07) is 1.37. The van der Waals surface area contributed by atoms with Gasteiger partial charge < -0.3 is 14.0 Å². The van der Waals surface area contributed by atoms with Crippen LogP contribution in [0.3, 0.4) is 0 Å². The number of halogens is 3. The first-order chi connectivity index (χ1) is 10.3. The van der Waals surface area contributed by atoms with Crippen LogP contribution in [0, 0.1) is 0 Å². The molecular formula is C13H15F3N2O4. The minimum atomic E-state index is -5.07. The van der Waals surface area contributed by atoms with Crippen LogP contribution < -0.4 is 5.32 Å². The van der Waals surface area contributed by atoms with E-state index in [1.165, 1.54) is 12.3 Å². The first-order valence-electron chi connectivity index (χ1n) is 6.71. The molecule has 1 atom stereocenters. The molecule has 0 fully saturated rings. The average molecular weight is 320 g/mol. The van der Waals surface area contributed by atoms with Crippen LogP contribution in [0.4, 0.5) is 13.2 Å². The standard InChI is InChI=1S/C13H15F3N2O4/c1-2-21-11(19)8-6-9-10(22-12(20)13(14,15)16)17-4-3-5-18(9)7-8/h6-7,10,17H,2-5H2,1H3. The second kappa shape index (κ2) is 6.39. The molecule has 0 spiro atoms. The lowest BCUT2D eigenvalue weighted by molar-refractivity contribution is -0.207. The summed E-state index contributed by atoms with van der Waals surface area (Å²) in [5.41, 5.74) is 0.478. The molecule has 1 aromatic rings. The molecule has 1 aliphatic rings. The van der Waals surface area contributed by atoms with Gasteiger partial charge in [-0.15, -0.1) is 0 Å². The number of hydrogen-bond acceptors (Lipinski definition) is 5. The lowest BCUT2D eigenvalue weighted by Gasteiger charge is -2.18. The molecule has 122 valence electrons. The van der Waals surface area contributed by atoms with Crippen molar-refractivity contribution in [3.63, 3.8) is 0 Å². The zero-order chi connectivity index (χ0) is 16.3. The Hall–Kier alpha value is -2.03. The molecular weight excluding hydrogens is 305 g/mol. The first kappa shape index (κ1) is 16.3. The van der Waals surface area contributed by atoms with Crippen molar-refractivity contribution in [2.24, 2.45) is 0 Å². The average Bonchev–Trinajstić information content (AvgIpc) is 2.77. The van der Waals surface area contributed by atoms with Gasteiger partial charge in [0.15, 0.2) is 6.23 Å². The number of carbonyl (C=O) groups is 2. The van der Waals surface area contributed by atoms with Crippen molar-refractivity contribution in [2.75, 3.05) is 13.2 Å². The van der Waals surface area contributed by atoms with Crippen LogP contribution >= 0.6 is 0 Å². The summed E-state index contributed by atoms with van der Waals surface area (Å²) < 4.78 is 47.9. The van der Waals surface area contributed by atoms with Crippen molar-refractivity contribution in [2.45, 2.75) is 32.3 Å². The van der Waals surface area contributed by atoms with Crippen molar-refractivity contribution < 1.29 is 32.2 Å². The van der Waals surface area contributed by atoms with E-state index in [0.29, 0.717) is 19.5 Å². The summed E-state index contributed by atoms with van der Waals surface area (Å²) in [4.78, 5) is 22.7. The Labute approximate surface area is 124 Å². The molecule has 0 aliphatic carbocycles. The fraction of sp³-hybridized carbons (Fsp3) is 0.538. The fourth-order valence-corrected chi connectivity index (χ4v) is 2.13. The van der Waals surface area contributed by atoms with Crippen LogP contribution in [0.5, 0.6) is 0 Å². The molecule has 0 saturated carbocycles. The number of fused-ring (bicyclic) bond motifs is 1. The summed E-state index contributed by atoms with van der Waals surface area (Å²) >= 11 is 0. The maximum absolute atomic E-state index is 12.3. The molecule has 1 N–H and O–H groups in total. The second-order valence-electron chi connectivity index (χ2n) is 4.66. The zero-order valence-electron chi connectivity index (χ0n) is 11.8. The smallest absolute Gasteiger partial charge is 0.462 e. The second-order valence-corrected chi connectivity index (χ2v) is 4.66. The predicted molar refractivity (Wildman–Crippen MR) is 67.9 cm³/mol. The zero-order valence-corrected chi connectivity index (χ0v) is 11.8. The molecule has 22 heavy (non-hydrogen) atoms. The van der Waals surface area contributed by atoms with E-state index >= 15 is 0 Å². The van der Waals surface area contributed by atoms with Crippen LogP contribution in [0.25, 0.3) is 0 Å². The molecule has 1 aromatic heterocycles. The minimum absolute atomic E-state index is 0.185. The largest absolute Gasteiger partial charge is 0.490 e. The van der Waals surface area contributed by atoms with Gasteiger partial charge in [0.05, 0.1) is 17.9 Å². The third kappa shape index (κ3) is 3.59. The van der Waals surface area contributed by atoms with Crippen molar-refractivity contribution in [3.8, 4) is 0 Å². The summed E-state index contributed by atoms with van der Waals surface area (Å²) in [6.45, 7) is 2.70. The Balaban J connectivity index is 2.24. The molecule has 0 radical (unpaired) electrons. The molecule has 0 saturated heterocycles. The Kier molecular flexibility index (Phi) is 4.74. The van der Waals surface area contributed by atoms with Gasteiger partial charge in [0, 0.05) is 19.3 Å². The van der Waals surface area contributed by atoms with Gasteiger partial charge in [-0.1, -0.05) is 0 Å². The van der Waals surface area contributed by atoms with E-state index in [9.17, 15) is 22.8 Å². The Morgan fingerprint density at radius 2 is 2.18 bits per heavy atom. The van der Waals surface area contributed by atoms with Gasteiger partial charge in [0.25, 0.3) is 0 Å². The maximum atomic E-state index is 12.3. The van der Waals surface area contributed by atoms with E-state index in [-0.39, 0.29) is 17.9 Å². The highest BCUT2D eigenvalue weighted by atomic mass is 19.4. The Morgan fingerprint density at radius 1 is 1.45 bits per heavy atom. The molecule has 6 nitrogen and oxygen atoms in total. The molecule has 2 rings (SSSR count). The highest BCUT2D eigenvalue weighted by Crippen LogP contribution is 2.25. The van der Waals surface area contributed by atoms with E-state index < -0.39 is 24.3 Å². The summed E-state index contributed by atoms with van der Waals surface area (Å²) in [5, 5.41) is 2.71. The van der Waals surface area contributed by atoms with Crippen molar-refractivity contribution in [1.29, 1.82) is 0 Å². The van der Waals surface area contributed by atoms with Gasteiger partial charge in [-0.2, -0.15) is 13.2 Å². The number of nitrogens with zero attached hydrogens (tertiary/aromatic N) is 1. The molecule has 0 aromatic carbocycles. The topological polar surface area (TPSA) is 69.6 Å². The van der Waals surface area contributed by atoms with E-state index in [1.54, 1.807) is 11.5 Å². The van der Waals surface area contributed by atoms with Gasteiger partial charge in [0.2, 0.25) is 0 Å². The quantitative estimate of drug-likeness (QED) is 0.860.